The van der Waals surface area contributed by atoms with Gasteiger partial charge in [0.2, 0.25) is 0 Å². The van der Waals surface area contributed by atoms with Gasteiger partial charge in [0.1, 0.15) is 0 Å². The van der Waals surface area contributed by atoms with Gasteiger partial charge in [-0.15, -0.1) is 0 Å². The lowest BCUT2D eigenvalue weighted by molar-refractivity contribution is 0.101. The monoisotopic (exact) mass is 496 g/mol. The SMILES string of the molecule is C=CS(=O)(=O)c1ccc(NC(=O)c2ccc(C(=O)Nc3ccc(S(=O)(=O)C=C)cc3)cc2)cc1. The average molecular weight is 497 g/mol. The van der Waals surface area contributed by atoms with Crippen LogP contribution in [-0.4, -0.2) is 28.6 Å². The fraction of sp³-hybridized carbons (Fsp3) is 0. The Morgan fingerprint density at radius 2 is 0.853 bits per heavy atom. The number of nitrogens with one attached hydrogen (secondary N) is 2. The topological polar surface area (TPSA) is 126 Å². The molecule has 34 heavy (non-hydrogen) atoms. The lowest BCUT2D eigenvalue weighted by Gasteiger charge is -2.08. The van der Waals surface area contributed by atoms with E-state index in [0.29, 0.717) is 22.5 Å². The second kappa shape index (κ2) is 9.86. The second-order valence-corrected chi connectivity index (χ2v) is 10.7. The van der Waals surface area contributed by atoms with Crippen molar-refractivity contribution in [2.45, 2.75) is 9.79 Å². The van der Waals surface area contributed by atoms with Crippen LogP contribution in [0.15, 0.2) is 107 Å². The lowest BCUT2D eigenvalue weighted by atomic mass is 10.1. The van der Waals surface area contributed by atoms with Gasteiger partial charge in [-0.2, -0.15) is 0 Å². The molecule has 0 unspecified atom stereocenters. The van der Waals surface area contributed by atoms with Crippen LogP contribution in [0, 0.1) is 0 Å². The van der Waals surface area contributed by atoms with Crippen molar-refractivity contribution in [1.29, 1.82) is 0 Å². The predicted octanol–water partition coefficient (Wildman–Crippen LogP) is 4.03. The highest BCUT2D eigenvalue weighted by Crippen LogP contribution is 2.18. The maximum atomic E-state index is 12.5. The molecule has 0 aromatic heterocycles. The first-order chi connectivity index (χ1) is 16.1. The molecule has 2 amide bonds. The molecule has 0 saturated heterocycles. The van der Waals surface area contributed by atoms with E-state index in [1.54, 1.807) is 0 Å². The van der Waals surface area contributed by atoms with Crippen molar-refractivity contribution in [1.82, 2.24) is 0 Å². The standard InChI is InChI=1S/C24H20N2O6S2/c1-3-33(29,30)21-13-9-19(10-14-21)25-23(27)17-5-7-18(8-6-17)24(28)26-20-11-15-22(16-12-20)34(31,32)4-2/h3-16H,1-2H2,(H,25,27)(H,26,28). The Morgan fingerprint density at radius 1 is 0.559 bits per heavy atom. The lowest BCUT2D eigenvalue weighted by Crippen LogP contribution is -2.14. The van der Waals surface area contributed by atoms with Gasteiger partial charge < -0.3 is 10.6 Å². The molecule has 8 nitrogen and oxygen atoms in total. The molecule has 10 heteroatoms. The minimum Gasteiger partial charge on any atom is -0.322 e. The number of sulfone groups is 2. The Labute approximate surface area is 197 Å². The van der Waals surface area contributed by atoms with E-state index in [2.05, 4.69) is 23.8 Å². The number of hydrogen-bond acceptors (Lipinski definition) is 6. The van der Waals surface area contributed by atoms with Crippen LogP contribution < -0.4 is 10.6 Å². The normalized spacial score (nSPS) is 11.3. The Hall–Kier alpha value is -4.02. The largest absolute Gasteiger partial charge is 0.322 e. The van der Waals surface area contributed by atoms with Crippen molar-refractivity contribution in [2.75, 3.05) is 10.6 Å². The van der Waals surface area contributed by atoms with Gasteiger partial charge in [0.15, 0.2) is 19.7 Å². The molecule has 174 valence electrons. The number of hydrogen-bond donors (Lipinski definition) is 2. The zero-order valence-electron chi connectivity index (χ0n) is 17.8. The highest BCUT2D eigenvalue weighted by molar-refractivity contribution is 7.94. The summed E-state index contributed by atoms with van der Waals surface area (Å²) < 4.78 is 47.0. The van der Waals surface area contributed by atoms with Gasteiger partial charge in [-0.05, 0) is 72.8 Å². The summed E-state index contributed by atoms with van der Waals surface area (Å²) in [6, 6.07) is 17.2. The molecule has 0 atom stereocenters. The van der Waals surface area contributed by atoms with Crippen LogP contribution in [0.2, 0.25) is 0 Å². The predicted molar refractivity (Wildman–Crippen MR) is 130 cm³/mol. The fourth-order valence-electron chi connectivity index (χ4n) is 2.83. The van der Waals surface area contributed by atoms with E-state index >= 15 is 0 Å². The summed E-state index contributed by atoms with van der Waals surface area (Å²) in [5.41, 5.74) is 1.38. The Kier molecular flexibility index (Phi) is 7.14. The summed E-state index contributed by atoms with van der Waals surface area (Å²) in [6.45, 7) is 6.53. The Balaban J connectivity index is 1.65. The first-order valence-corrected chi connectivity index (χ1v) is 12.8. The van der Waals surface area contributed by atoms with Crippen molar-refractivity contribution in [2.24, 2.45) is 0 Å². The van der Waals surface area contributed by atoms with Crippen LogP contribution in [0.5, 0.6) is 0 Å². The molecule has 2 N–H and O–H groups in total. The highest BCUT2D eigenvalue weighted by Gasteiger charge is 2.13. The fourth-order valence-corrected chi connectivity index (χ4v) is 4.24. The molecular formula is C24H20N2O6S2. The molecular weight excluding hydrogens is 476 g/mol. The molecule has 3 rings (SSSR count). The van der Waals surface area contributed by atoms with E-state index in [4.69, 9.17) is 0 Å². The van der Waals surface area contributed by atoms with Crippen molar-refractivity contribution in [3.63, 3.8) is 0 Å². The zero-order chi connectivity index (χ0) is 24.9. The summed E-state index contributed by atoms with van der Waals surface area (Å²) in [6.07, 6.45) is 0. The molecule has 0 bridgehead atoms. The number of anilines is 2. The number of amides is 2. The smallest absolute Gasteiger partial charge is 0.255 e. The van der Waals surface area contributed by atoms with E-state index in [-0.39, 0.29) is 9.79 Å². The minimum atomic E-state index is -3.56. The zero-order valence-corrected chi connectivity index (χ0v) is 19.4. The number of carbonyl (C=O) groups is 2. The van der Waals surface area contributed by atoms with E-state index in [1.165, 1.54) is 72.8 Å². The van der Waals surface area contributed by atoms with Crippen LogP contribution in [0.3, 0.4) is 0 Å². The number of carbonyl (C=O) groups excluding carboxylic acids is 2. The molecule has 3 aromatic carbocycles. The maximum absolute atomic E-state index is 12.5. The van der Waals surface area contributed by atoms with Gasteiger partial charge in [-0.25, -0.2) is 16.8 Å². The highest BCUT2D eigenvalue weighted by atomic mass is 32.2. The van der Waals surface area contributed by atoms with Crippen molar-refractivity contribution >= 4 is 42.9 Å². The van der Waals surface area contributed by atoms with Crippen LogP contribution in [0.4, 0.5) is 11.4 Å². The van der Waals surface area contributed by atoms with Gasteiger partial charge in [0.05, 0.1) is 9.79 Å². The van der Waals surface area contributed by atoms with Crippen LogP contribution in [0.25, 0.3) is 0 Å². The third-order valence-corrected chi connectivity index (χ3v) is 7.47. The van der Waals surface area contributed by atoms with Gasteiger partial charge in [0.25, 0.3) is 11.8 Å². The third kappa shape index (κ3) is 5.66. The van der Waals surface area contributed by atoms with Gasteiger partial charge in [-0.1, -0.05) is 13.2 Å². The molecule has 3 aromatic rings. The van der Waals surface area contributed by atoms with E-state index in [9.17, 15) is 26.4 Å². The van der Waals surface area contributed by atoms with Gasteiger partial charge in [-0.3, -0.25) is 9.59 Å². The first-order valence-electron chi connectivity index (χ1n) is 9.74. The molecule has 0 fully saturated rings. The minimum absolute atomic E-state index is 0.0628. The summed E-state index contributed by atoms with van der Waals surface area (Å²) in [5, 5.41) is 6.99. The van der Waals surface area contributed by atoms with E-state index in [1.807, 2.05) is 0 Å². The molecule has 0 aliphatic carbocycles. The third-order valence-electron chi connectivity index (χ3n) is 4.73. The summed E-state index contributed by atoms with van der Waals surface area (Å²) >= 11 is 0. The van der Waals surface area contributed by atoms with Crippen molar-refractivity contribution in [3.05, 3.63) is 108 Å². The van der Waals surface area contributed by atoms with Crippen LogP contribution in [0.1, 0.15) is 20.7 Å². The van der Waals surface area contributed by atoms with Gasteiger partial charge >= 0.3 is 0 Å². The molecule has 0 radical (unpaired) electrons. The van der Waals surface area contributed by atoms with E-state index in [0.717, 1.165) is 10.8 Å². The molecule has 0 aliphatic heterocycles. The average Bonchev–Trinajstić information content (AvgIpc) is 2.84. The second-order valence-electron chi connectivity index (χ2n) is 6.96. The Morgan fingerprint density at radius 3 is 1.12 bits per heavy atom. The summed E-state index contributed by atoms with van der Waals surface area (Å²) in [4.78, 5) is 25.0. The summed E-state index contributed by atoms with van der Waals surface area (Å²) in [7, 11) is -7.12. The van der Waals surface area contributed by atoms with Crippen molar-refractivity contribution in [3.8, 4) is 0 Å². The maximum Gasteiger partial charge on any atom is 0.255 e. The molecule has 0 spiro atoms. The summed E-state index contributed by atoms with van der Waals surface area (Å²) in [5.74, 6) is -0.879. The quantitative estimate of drug-likeness (QED) is 0.485. The van der Waals surface area contributed by atoms with E-state index < -0.39 is 31.5 Å². The molecule has 0 aliphatic rings. The van der Waals surface area contributed by atoms with Crippen LogP contribution in [-0.2, 0) is 19.7 Å². The number of rotatable bonds is 8. The van der Waals surface area contributed by atoms with Crippen molar-refractivity contribution < 1.29 is 26.4 Å². The van der Waals surface area contributed by atoms with Crippen LogP contribution >= 0.6 is 0 Å². The van der Waals surface area contributed by atoms with Gasteiger partial charge in [0, 0.05) is 33.3 Å². The molecule has 0 saturated carbocycles. The molecule has 0 heterocycles. The first kappa shape index (κ1) is 24.6. The number of benzene rings is 3. The Bertz CT molecular complexity index is 1340.